The first kappa shape index (κ1) is 31.7. The van der Waals surface area contributed by atoms with Gasteiger partial charge in [0.1, 0.15) is 11.5 Å². The number of hydrogen-bond donors (Lipinski definition) is 2. The van der Waals surface area contributed by atoms with E-state index in [2.05, 4.69) is 15.2 Å². The molecule has 3 amide bonds. The van der Waals surface area contributed by atoms with Crippen LogP contribution in [-0.4, -0.2) is 48.6 Å². The Morgan fingerprint density at radius 3 is 2.28 bits per heavy atom. The molecule has 2 unspecified atom stereocenters. The second-order valence-electron chi connectivity index (χ2n) is 12.2. The van der Waals surface area contributed by atoms with Gasteiger partial charge in [0.15, 0.2) is 0 Å². The molecule has 1 aromatic heterocycles. The second kappa shape index (κ2) is 13.0. The largest absolute Gasteiger partial charge is 0.373 e. The van der Waals surface area contributed by atoms with Gasteiger partial charge in [-0.15, -0.1) is 0 Å². The fraction of sp³-hybridized carbons (Fsp3) is 0.324. The molecule has 2 aliphatic heterocycles. The summed E-state index contributed by atoms with van der Waals surface area (Å²) in [6.07, 6.45) is 5.08. The van der Waals surface area contributed by atoms with Gasteiger partial charge in [-0.3, -0.25) is 4.79 Å². The topological polar surface area (TPSA) is 131 Å². The van der Waals surface area contributed by atoms with Gasteiger partial charge in [0, 0.05) is 40.4 Å². The van der Waals surface area contributed by atoms with Crippen LogP contribution in [0.4, 0.5) is 10.5 Å². The number of carbonyl (C=O) groups excluding carboxylic acids is 2. The summed E-state index contributed by atoms with van der Waals surface area (Å²) in [7, 11) is -4.04. The third-order valence-electron chi connectivity index (χ3n) is 9.01. The van der Waals surface area contributed by atoms with Crippen molar-refractivity contribution in [2.24, 2.45) is 0 Å². The van der Waals surface area contributed by atoms with Gasteiger partial charge in [0.25, 0.3) is 15.9 Å². The minimum absolute atomic E-state index is 0.0101. The zero-order valence-corrected chi connectivity index (χ0v) is 27.5. The number of hydrogen-bond acceptors (Lipinski definition) is 7. The molecular weight excluding hydrogens is 663 g/mol. The SMILES string of the molecule is O=C(NS(=O)(=O)c1ccccc1)c1cccc(NC(=O)N2C3CCC2CC(OCc2c(-c4c(Cl)cccc4Cl)noc2C2CC2)C3)c1. The Morgan fingerprint density at radius 1 is 0.915 bits per heavy atom. The summed E-state index contributed by atoms with van der Waals surface area (Å²) in [6.45, 7) is 0.303. The Hall–Kier alpha value is -3.90. The zero-order chi connectivity index (χ0) is 32.7. The van der Waals surface area contributed by atoms with E-state index in [0.717, 1.165) is 37.0 Å². The first-order valence-electron chi connectivity index (χ1n) is 15.5. The van der Waals surface area contributed by atoms with E-state index < -0.39 is 15.9 Å². The lowest BCUT2D eigenvalue weighted by atomic mass is 9.99. The Balaban J connectivity index is 0.995. The number of carbonyl (C=O) groups is 2. The maximum Gasteiger partial charge on any atom is 0.322 e. The van der Waals surface area contributed by atoms with Crippen molar-refractivity contribution in [1.29, 1.82) is 0 Å². The van der Waals surface area contributed by atoms with Gasteiger partial charge in [0.05, 0.1) is 27.7 Å². The van der Waals surface area contributed by atoms with Gasteiger partial charge in [-0.05, 0) is 81.0 Å². The summed E-state index contributed by atoms with van der Waals surface area (Å²) < 4.78 is 39.6. The molecule has 0 spiro atoms. The Bertz CT molecular complexity index is 1900. The van der Waals surface area contributed by atoms with Crippen molar-refractivity contribution in [2.45, 2.75) is 74.1 Å². The summed E-state index contributed by atoms with van der Waals surface area (Å²) in [6, 6.07) is 18.9. The third-order valence-corrected chi connectivity index (χ3v) is 11.0. The lowest BCUT2D eigenvalue weighted by molar-refractivity contribution is -0.0158. The van der Waals surface area contributed by atoms with Gasteiger partial charge >= 0.3 is 6.03 Å². The maximum absolute atomic E-state index is 13.5. The predicted molar refractivity (Wildman–Crippen MR) is 177 cm³/mol. The molecule has 47 heavy (non-hydrogen) atoms. The van der Waals surface area contributed by atoms with E-state index in [0.29, 0.717) is 52.4 Å². The monoisotopic (exact) mass is 694 g/mol. The number of aromatic nitrogens is 1. The lowest BCUT2D eigenvalue weighted by Gasteiger charge is -2.38. The predicted octanol–water partition coefficient (Wildman–Crippen LogP) is 7.39. The first-order chi connectivity index (χ1) is 22.7. The molecule has 10 nitrogen and oxygen atoms in total. The number of urea groups is 1. The van der Waals surface area contributed by atoms with E-state index in [1.807, 2.05) is 4.90 Å². The summed E-state index contributed by atoms with van der Waals surface area (Å²) in [5, 5.41) is 8.26. The number of rotatable bonds is 9. The number of nitrogens with one attached hydrogen (secondary N) is 2. The van der Waals surface area contributed by atoms with Crippen molar-refractivity contribution in [1.82, 2.24) is 14.8 Å². The van der Waals surface area contributed by atoms with E-state index in [1.165, 1.54) is 24.3 Å². The number of anilines is 1. The highest BCUT2D eigenvalue weighted by molar-refractivity contribution is 7.90. The van der Waals surface area contributed by atoms with Crippen molar-refractivity contribution >= 4 is 50.9 Å². The molecule has 13 heteroatoms. The van der Waals surface area contributed by atoms with E-state index in [-0.39, 0.29) is 34.7 Å². The highest BCUT2D eigenvalue weighted by Gasteiger charge is 2.44. The smallest absolute Gasteiger partial charge is 0.322 e. The molecule has 2 N–H and O–H groups in total. The van der Waals surface area contributed by atoms with Gasteiger partial charge in [-0.2, -0.15) is 0 Å². The van der Waals surface area contributed by atoms with Crippen LogP contribution in [0.15, 0.2) is 82.2 Å². The summed E-state index contributed by atoms with van der Waals surface area (Å²) >= 11 is 13.0. The number of halogens is 2. The molecule has 2 bridgehead atoms. The molecule has 1 saturated carbocycles. The normalized spacial score (nSPS) is 20.6. The third kappa shape index (κ3) is 6.62. The van der Waals surface area contributed by atoms with Gasteiger partial charge < -0.3 is 19.5 Å². The van der Waals surface area contributed by atoms with Crippen molar-refractivity contribution in [3.8, 4) is 11.3 Å². The Morgan fingerprint density at radius 2 is 1.60 bits per heavy atom. The van der Waals surface area contributed by atoms with Crippen LogP contribution >= 0.6 is 23.2 Å². The van der Waals surface area contributed by atoms with Crippen molar-refractivity contribution in [3.63, 3.8) is 0 Å². The molecule has 2 atom stereocenters. The van der Waals surface area contributed by atoms with Crippen molar-refractivity contribution in [3.05, 3.63) is 99.7 Å². The highest BCUT2D eigenvalue weighted by atomic mass is 35.5. The number of benzene rings is 3. The fourth-order valence-electron chi connectivity index (χ4n) is 6.61. The second-order valence-corrected chi connectivity index (χ2v) is 14.7. The number of fused-ring (bicyclic) bond motifs is 2. The summed E-state index contributed by atoms with van der Waals surface area (Å²) in [5.41, 5.74) is 2.61. The van der Waals surface area contributed by atoms with Crippen molar-refractivity contribution in [2.75, 3.05) is 5.32 Å². The molecule has 3 heterocycles. The number of sulfonamides is 1. The molecular formula is C34H32Cl2N4O6S. The standard InChI is InChI=1S/C34H32Cl2N4O6S/c35-28-10-5-11-29(36)30(28)31-27(32(46-38-31)20-12-13-20)19-45-25-17-23-14-15-24(18-25)40(23)34(42)37-22-7-4-6-21(16-22)33(41)39-47(43,44)26-8-2-1-3-9-26/h1-11,16,20,23-25H,12-15,17-19H2,(H,37,42)(H,39,41). The van der Waals surface area contributed by atoms with Gasteiger partial charge in [0.2, 0.25) is 0 Å². The van der Waals surface area contributed by atoms with Crippen LogP contribution in [0.1, 0.15) is 66.1 Å². The molecule has 4 aromatic rings. The van der Waals surface area contributed by atoms with E-state index in [4.69, 9.17) is 32.5 Å². The molecule has 2 saturated heterocycles. The molecule has 1 aliphatic carbocycles. The quantitative estimate of drug-likeness (QED) is 0.187. The Kier molecular flexibility index (Phi) is 8.73. The van der Waals surface area contributed by atoms with Gasteiger partial charge in [-0.25, -0.2) is 17.9 Å². The average molecular weight is 696 g/mol. The average Bonchev–Trinajstić information content (AvgIpc) is 3.76. The van der Waals surface area contributed by atoms with Gasteiger partial charge in [-0.1, -0.05) is 58.7 Å². The molecule has 0 radical (unpaired) electrons. The number of nitrogens with zero attached hydrogens (tertiary/aromatic N) is 2. The van der Waals surface area contributed by atoms with Crippen LogP contribution in [-0.2, 0) is 21.4 Å². The fourth-order valence-corrected chi connectivity index (χ4v) is 8.18. The molecule has 3 fully saturated rings. The molecule has 3 aromatic carbocycles. The summed E-state index contributed by atoms with van der Waals surface area (Å²) in [4.78, 5) is 28.2. The highest BCUT2D eigenvalue weighted by Crippen LogP contribution is 2.46. The molecule has 3 aliphatic rings. The van der Waals surface area contributed by atoms with E-state index in [9.17, 15) is 18.0 Å². The van der Waals surface area contributed by atoms with Crippen molar-refractivity contribution < 1.29 is 27.3 Å². The van der Waals surface area contributed by atoms with Crippen LogP contribution in [0.3, 0.4) is 0 Å². The minimum atomic E-state index is -4.04. The summed E-state index contributed by atoms with van der Waals surface area (Å²) in [5.74, 6) is 0.348. The van der Waals surface area contributed by atoms with Crippen LogP contribution in [0.2, 0.25) is 10.0 Å². The maximum atomic E-state index is 13.5. The van der Waals surface area contributed by atoms with Crippen LogP contribution in [0.5, 0.6) is 0 Å². The first-order valence-corrected chi connectivity index (χ1v) is 17.8. The van der Waals surface area contributed by atoms with Crippen LogP contribution < -0.4 is 10.0 Å². The lowest BCUT2D eigenvalue weighted by Crippen LogP contribution is -2.50. The van der Waals surface area contributed by atoms with E-state index >= 15 is 0 Å². The number of amides is 3. The number of piperidine rings is 1. The Labute approximate surface area is 282 Å². The van der Waals surface area contributed by atoms with E-state index in [1.54, 1.807) is 48.5 Å². The van der Waals surface area contributed by atoms with Crippen LogP contribution in [0.25, 0.3) is 11.3 Å². The van der Waals surface area contributed by atoms with Crippen LogP contribution in [0, 0.1) is 0 Å². The minimum Gasteiger partial charge on any atom is -0.373 e. The molecule has 244 valence electrons. The number of ether oxygens (including phenoxy) is 1. The molecule has 7 rings (SSSR count). The zero-order valence-electron chi connectivity index (χ0n) is 25.2.